The molecule has 0 spiro atoms. The number of benzene rings is 2. The van der Waals surface area contributed by atoms with Crippen LogP contribution in [0.5, 0.6) is 0 Å². The second kappa shape index (κ2) is 11.0. The molecule has 1 saturated carbocycles. The van der Waals surface area contributed by atoms with Crippen LogP contribution in [-0.4, -0.2) is 54.3 Å². The number of hydrogen-bond acceptors (Lipinski definition) is 10. The lowest BCUT2D eigenvalue weighted by Gasteiger charge is -2.23. The Morgan fingerprint density at radius 2 is 1.75 bits per heavy atom. The normalized spacial score (nSPS) is 18.6. The number of esters is 1. The Morgan fingerprint density at radius 1 is 1.05 bits per heavy atom. The highest BCUT2D eigenvalue weighted by Gasteiger charge is 2.55. The number of hydrogen-bond donors (Lipinski definition) is 4. The fourth-order valence-electron chi connectivity index (χ4n) is 5.11. The number of nitrogens with one attached hydrogen (secondary N) is 3. The van der Waals surface area contributed by atoms with Gasteiger partial charge in [-0.15, -0.1) is 0 Å². The zero-order valence-corrected chi connectivity index (χ0v) is 23.8. The number of aliphatic hydroxyl groups is 1. The summed E-state index contributed by atoms with van der Waals surface area (Å²) in [5.41, 5.74) is -0.892. The Morgan fingerprint density at radius 3 is 2.39 bits per heavy atom. The maximum absolute atomic E-state index is 13.6. The standard InChI is InChI=1S/C30H29N7O7/c1-16(2)36-15-22(26(40)37(29(36)43)30(11-12-30)28(42)35-21-13-24(38)44-27(21)41)34-25(39)17-7-9-18(10-8-17)32-23-14-31-19-5-3-4-6-20(19)33-23/h3-10,14-16,21,27,41H,11-13H2,1-2H3,(H,32,33)(H,34,39)(H,35,42). The smallest absolute Gasteiger partial charge is 0.332 e. The predicted octanol–water partition coefficient (Wildman–Crippen LogP) is 1.77. The molecule has 1 saturated heterocycles. The first-order valence-electron chi connectivity index (χ1n) is 14.0. The van der Waals surface area contributed by atoms with Crippen molar-refractivity contribution in [3.05, 3.63) is 87.3 Å². The van der Waals surface area contributed by atoms with Crippen molar-refractivity contribution in [1.82, 2.24) is 24.4 Å². The monoisotopic (exact) mass is 599 g/mol. The summed E-state index contributed by atoms with van der Waals surface area (Å²) in [6.07, 6.45) is 1.45. The molecule has 0 radical (unpaired) electrons. The maximum Gasteiger partial charge on any atom is 0.332 e. The number of carbonyl (C=O) groups excluding carboxylic acids is 3. The Hall–Kier alpha value is -5.37. The number of fused-ring (bicyclic) bond motifs is 1. The third kappa shape index (κ3) is 5.30. The van der Waals surface area contributed by atoms with Gasteiger partial charge < -0.3 is 25.8 Å². The molecule has 2 unspecified atom stereocenters. The number of rotatable bonds is 8. The van der Waals surface area contributed by atoms with Crippen molar-refractivity contribution in [2.75, 3.05) is 10.6 Å². The summed E-state index contributed by atoms with van der Waals surface area (Å²) in [5.74, 6) is -1.45. The molecule has 2 aliphatic rings. The summed E-state index contributed by atoms with van der Waals surface area (Å²) in [4.78, 5) is 74.0. The fraction of sp³-hybridized carbons (Fsp3) is 0.300. The van der Waals surface area contributed by atoms with Gasteiger partial charge in [-0.05, 0) is 63.1 Å². The average molecular weight is 600 g/mol. The van der Waals surface area contributed by atoms with E-state index in [1.54, 1.807) is 44.3 Å². The van der Waals surface area contributed by atoms with E-state index >= 15 is 0 Å². The Bertz CT molecular complexity index is 1910. The largest absolute Gasteiger partial charge is 0.434 e. The summed E-state index contributed by atoms with van der Waals surface area (Å²) in [6, 6.07) is 12.5. The van der Waals surface area contributed by atoms with Gasteiger partial charge in [-0.2, -0.15) is 0 Å². The number of carbonyl (C=O) groups is 3. The van der Waals surface area contributed by atoms with E-state index in [0.29, 0.717) is 11.5 Å². The third-order valence-electron chi connectivity index (χ3n) is 7.66. The minimum Gasteiger partial charge on any atom is -0.434 e. The van der Waals surface area contributed by atoms with Crippen molar-refractivity contribution in [2.45, 2.75) is 57.0 Å². The number of aromatic nitrogens is 4. The highest BCUT2D eigenvalue weighted by molar-refractivity contribution is 6.04. The molecule has 1 aliphatic carbocycles. The van der Waals surface area contributed by atoms with Gasteiger partial charge in [0.1, 0.15) is 23.1 Å². The molecule has 2 aromatic heterocycles. The molecule has 14 heteroatoms. The first-order chi connectivity index (χ1) is 21.1. The zero-order chi connectivity index (χ0) is 31.2. The summed E-state index contributed by atoms with van der Waals surface area (Å²) < 4.78 is 6.79. The molecular formula is C30H29N7O7. The van der Waals surface area contributed by atoms with Gasteiger partial charge in [-0.3, -0.25) is 28.7 Å². The van der Waals surface area contributed by atoms with Gasteiger partial charge in [0, 0.05) is 23.5 Å². The Labute approximate surface area is 249 Å². The highest BCUT2D eigenvalue weighted by Crippen LogP contribution is 2.42. The quantitative estimate of drug-likeness (QED) is 0.218. The van der Waals surface area contributed by atoms with E-state index in [4.69, 9.17) is 0 Å². The van der Waals surface area contributed by atoms with E-state index in [1.807, 2.05) is 24.3 Å². The Balaban J connectivity index is 1.24. The van der Waals surface area contributed by atoms with Gasteiger partial charge in [0.15, 0.2) is 0 Å². The number of aliphatic hydroxyl groups excluding tert-OH is 1. The molecule has 14 nitrogen and oxygen atoms in total. The van der Waals surface area contributed by atoms with Gasteiger partial charge in [-0.25, -0.2) is 14.3 Å². The van der Waals surface area contributed by atoms with Crippen LogP contribution in [0.15, 0.2) is 70.5 Å². The molecule has 2 fully saturated rings. The van der Waals surface area contributed by atoms with Gasteiger partial charge in [0.05, 0.1) is 23.7 Å². The third-order valence-corrected chi connectivity index (χ3v) is 7.66. The van der Waals surface area contributed by atoms with Crippen LogP contribution in [0.2, 0.25) is 0 Å². The van der Waals surface area contributed by atoms with Crippen LogP contribution in [0.25, 0.3) is 11.0 Å². The minimum atomic E-state index is -1.53. The van der Waals surface area contributed by atoms with E-state index in [9.17, 15) is 29.1 Å². The molecular weight excluding hydrogens is 570 g/mol. The van der Waals surface area contributed by atoms with Crippen LogP contribution in [0.4, 0.5) is 17.2 Å². The van der Waals surface area contributed by atoms with E-state index in [-0.39, 0.29) is 30.5 Å². The lowest BCUT2D eigenvalue weighted by molar-refractivity contribution is -0.155. The van der Waals surface area contributed by atoms with Crippen molar-refractivity contribution in [3.8, 4) is 0 Å². The van der Waals surface area contributed by atoms with E-state index in [2.05, 4.69) is 30.7 Å². The molecule has 6 rings (SSSR count). The number of para-hydroxylation sites is 2. The van der Waals surface area contributed by atoms with Crippen LogP contribution in [0, 0.1) is 0 Å². The van der Waals surface area contributed by atoms with Crippen LogP contribution in [0.1, 0.15) is 49.5 Å². The average Bonchev–Trinajstić information content (AvgIpc) is 3.73. The second-order valence-corrected chi connectivity index (χ2v) is 11.1. The van der Waals surface area contributed by atoms with Gasteiger partial charge in [0.2, 0.25) is 12.2 Å². The molecule has 2 aromatic carbocycles. The molecule has 4 aromatic rings. The van der Waals surface area contributed by atoms with Crippen molar-refractivity contribution < 1.29 is 24.2 Å². The predicted molar refractivity (Wildman–Crippen MR) is 158 cm³/mol. The number of amides is 2. The molecule has 4 N–H and O–H groups in total. The summed E-state index contributed by atoms with van der Waals surface area (Å²) in [5, 5.41) is 18.2. The lowest BCUT2D eigenvalue weighted by atomic mass is 10.1. The van der Waals surface area contributed by atoms with Crippen molar-refractivity contribution in [1.29, 1.82) is 0 Å². The molecule has 0 bridgehead atoms. The van der Waals surface area contributed by atoms with E-state index in [0.717, 1.165) is 15.6 Å². The first-order valence-corrected chi connectivity index (χ1v) is 14.0. The van der Waals surface area contributed by atoms with E-state index in [1.165, 1.54) is 10.8 Å². The number of cyclic esters (lactones) is 1. The van der Waals surface area contributed by atoms with Crippen molar-refractivity contribution >= 4 is 46.0 Å². The lowest BCUT2D eigenvalue weighted by Crippen LogP contribution is -2.54. The van der Waals surface area contributed by atoms with Crippen LogP contribution >= 0.6 is 0 Å². The number of ether oxygens (including phenoxy) is 1. The maximum atomic E-state index is 13.6. The molecule has 226 valence electrons. The van der Waals surface area contributed by atoms with Gasteiger partial charge in [0.25, 0.3) is 11.5 Å². The van der Waals surface area contributed by atoms with Gasteiger partial charge in [-0.1, -0.05) is 12.1 Å². The molecule has 2 atom stereocenters. The van der Waals surface area contributed by atoms with E-state index < -0.39 is 52.9 Å². The van der Waals surface area contributed by atoms with Crippen LogP contribution in [-0.2, 0) is 19.9 Å². The highest BCUT2D eigenvalue weighted by atomic mass is 16.6. The topological polar surface area (TPSA) is 187 Å². The van der Waals surface area contributed by atoms with Crippen molar-refractivity contribution in [2.24, 2.45) is 0 Å². The summed E-state index contributed by atoms with van der Waals surface area (Å²) >= 11 is 0. The molecule has 44 heavy (non-hydrogen) atoms. The molecule has 1 aliphatic heterocycles. The summed E-state index contributed by atoms with van der Waals surface area (Å²) in [7, 11) is 0. The zero-order valence-electron chi connectivity index (χ0n) is 23.8. The number of anilines is 3. The van der Waals surface area contributed by atoms with Crippen LogP contribution in [0.3, 0.4) is 0 Å². The fourth-order valence-corrected chi connectivity index (χ4v) is 5.11. The minimum absolute atomic E-state index is 0.178. The Kier molecular flexibility index (Phi) is 7.21. The van der Waals surface area contributed by atoms with Crippen molar-refractivity contribution in [3.63, 3.8) is 0 Å². The molecule has 2 amide bonds. The molecule has 3 heterocycles. The van der Waals surface area contributed by atoms with Gasteiger partial charge >= 0.3 is 11.7 Å². The SMILES string of the molecule is CC(C)n1cc(NC(=O)c2ccc(Nc3cnc4ccccc4n3)cc2)c(=O)n(C2(C(=O)NC3CC(=O)OC3O)CC2)c1=O. The first kappa shape index (κ1) is 28.7. The second-order valence-electron chi connectivity index (χ2n) is 11.1. The number of nitrogens with zero attached hydrogens (tertiary/aromatic N) is 4. The summed E-state index contributed by atoms with van der Waals surface area (Å²) in [6.45, 7) is 3.45. The van der Waals surface area contributed by atoms with Crippen LogP contribution < -0.4 is 27.2 Å².